The van der Waals surface area contributed by atoms with Crippen molar-refractivity contribution in [1.29, 1.82) is 0 Å². The molecule has 1 aliphatic rings. The van der Waals surface area contributed by atoms with Crippen LogP contribution < -0.4 is 15.6 Å². The molecule has 0 atom stereocenters. The number of benzene rings is 1. The zero-order valence-corrected chi connectivity index (χ0v) is 16.4. The molecule has 9 heteroatoms. The van der Waals surface area contributed by atoms with Crippen LogP contribution in [0.2, 0.25) is 0 Å². The molecule has 2 N–H and O–H groups in total. The zero-order chi connectivity index (χ0) is 20.4. The minimum Gasteiger partial charge on any atom is -0.497 e. The van der Waals surface area contributed by atoms with Gasteiger partial charge >= 0.3 is 6.03 Å². The van der Waals surface area contributed by atoms with E-state index in [1.165, 1.54) is 4.52 Å². The lowest BCUT2D eigenvalue weighted by Gasteiger charge is -2.27. The van der Waals surface area contributed by atoms with Crippen molar-refractivity contribution < 1.29 is 14.3 Å². The van der Waals surface area contributed by atoms with Crippen LogP contribution in [0.3, 0.4) is 0 Å². The first kappa shape index (κ1) is 19.0. The van der Waals surface area contributed by atoms with E-state index in [2.05, 4.69) is 15.4 Å². The van der Waals surface area contributed by atoms with Crippen LogP contribution in [0, 0.1) is 0 Å². The summed E-state index contributed by atoms with van der Waals surface area (Å²) in [5.41, 5.74) is 3.40. The Balaban J connectivity index is 1.62. The van der Waals surface area contributed by atoms with Gasteiger partial charge in [-0.1, -0.05) is 0 Å². The molecule has 0 fully saturated rings. The number of hydrogen-bond acceptors (Lipinski definition) is 5. The number of aromatic nitrogens is 3. The van der Waals surface area contributed by atoms with Crippen LogP contribution in [0.1, 0.15) is 11.3 Å². The summed E-state index contributed by atoms with van der Waals surface area (Å²) in [4.78, 5) is 31.6. The highest BCUT2D eigenvalue weighted by molar-refractivity contribution is 5.74. The Bertz CT molecular complexity index is 1090. The topological polar surface area (TPSA) is 101 Å². The first-order valence-corrected chi connectivity index (χ1v) is 9.40. The lowest BCUT2D eigenvalue weighted by molar-refractivity contribution is 0.175. The minimum atomic E-state index is -0.178. The summed E-state index contributed by atoms with van der Waals surface area (Å²) >= 11 is 0. The van der Waals surface area contributed by atoms with Crippen molar-refractivity contribution in [3.63, 3.8) is 0 Å². The summed E-state index contributed by atoms with van der Waals surface area (Å²) in [7, 11) is 3.20. The van der Waals surface area contributed by atoms with Crippen molar-refractivity contribution in [2.45, 2.75) is 13.0 Å². The van der Waals surface area contributed by atoms with Gasteiger partial charge in [0.05, 0.1) is 31.6 Å². The van der Waals surface area contributed by atoms with Crippen LogP contribution in [0.15, 0.2) is 35.1 Å². The van der Waals surface area contributed by atoms with Crippen molar-refractivity contribution in [3.05, 3.63) is 51.9 Å². The largest absolute Gasteiger partial charge is 0.497 e. The maximum atomic E-state index is 12.9. The molecular weight excluding hydrogens is 374 g/mol. The summed E-state index contributed by atoms with van der Waals surface area (Å²) in [6, 6.07) is 9.22. The van der Waals surface area contributed by atoms with E-state index in [0.29, 0.717) is 49.6 Å². The van der Waals surface area contributed by atoms with Gasteiger partial charge in [-0.2, -0.15) is 0 Å². The van der Waals surface area contributed by atoms with Crippen LogP contribution >= 0.6 is 0 Å². The second-order valence-electron chi connectivity index (χ2n) is 6.83. The normalized spacial score (nSPS) is 13.4. The molecule has 2 amide bonds. The van der Waals surface area contributed by atoms with Gasteiger partial charge < -0.3 is 19.7 Å². The van der Waals surface area contributed by atoms with Crippen LogP contribution in [0.4, 0.5) is 4.79 Å². The van der Waals surface area contributed by atoms with Crippen molar-refractivity contribution in [2.24, 2.45) is 0 Å². The van der Waals surface area contributed by atoms with E-state index in [1.54, 1.807) is 19.1 Å². The molecule has 0 saturated heterocycles. The molecule has 9 nitrogen and oxygen atoms in total. The lowest BCUT2D eigenvalue weighted by atomic mass is 10.1. The summed E-state index contributed by atoms with van der Waals surface area (Å²) in [5.74, 6) is 0.763. The summed E-state index contributed by atoms with van der Waals surface area (Å²) in [6.45, 7) is 1.68. The Hall–Kier alpha value is -3.33. The third kappa shape index (κ3) is 3.68. The number of carbonyl (C=O) groups is 1. The highest BCUT2D eigenvalue weighted by Crippen LogP contribution is 2.23. The molecule has 152 valence electrons. The van der Waals surface area contributed by atoms with Crippen molar-refractivity contribution >= 4 is 11.7 Å². The lowest BCUT2D eigenvalue weighted by Crippen LogP contribution is -2.45. The molecule has 0 aliphatic carbocycles. The number of carbonyl (C=O) groups excluding carboxylic acids is 1. The molecule has 1 aromatic carbocycles. The summed E-state index contributed by atoms with van der Waals surface area (Å²) in [6.07, 6.45) is 0.471. The Kier molecular flexibility index (Phi) is 5.22. The van der Waals surface area contributed by atoms with Gasteiger partial charge in [0.25, 0.3) is 5.56 Å². The second kappa shape index (κ2) is 7.96. The maximum absolute atomic E-state index is 12.9. The summed E-state index contributed by atoms with van der Waals surface area (Å²) in [5, 5.41) is 5.94. The molecule has 29 heavy (non-hydrogen) atoms. The maximum Gasteiger partial charge on any atom is 0.317 e. The highest BCUT2D eigenvalue weighted by atomic mass is 16.5. The monoisotopic (exact) mass is 397 g/mol. The van der Waals surface area contributed by atoms with Gasteiger partial charge in [0.15, 0.2) is 5.65 Å². The van der Waals surface area contributed by atoms with Gasteiger partial charge in [-0.15, -0.1) is 0 Å². The Labute approximate surface area is 167 Å². The molecule has 0 bridgehead atoms. The van der Waals surface area contributed by atoms with E-state index >= 15 is 0 Å². The molecular formula is C20H23N5O4. The van der Waals surface area contributed by atoms with Gasteiger partial charge in [0.2, 0.25) is 0 Å². The fourth-order valence-corrected chi connectivity index (χ4v) is 3.46. The quantitative estimate of drug-likeness (QED) is 0.634. The Morgan fingerprint density at radius 1 is 1.28 bits per heavy atom. The molecule has 3 heterocycles. The van der Waals surface area contributed by atoms with Crippen LogP contribution in [-0.2, 0) is 17.7 Å². The van der Waals surface area contributed by atoms with Crippen LogP contribution in [0.25, 0.3) is 16.9 Å². The number of amides is 2. The van der Waals surface area contributed by atoms with Gasteiger partial charge in [-0.25, -0.2) is 14.3 Å². The van der Waals surface area contributed by atoms with Crippen molar-refractivity contribution in [2.75, 3.05) is 33.9 Å². The number of aromatic amines is 1. The highest BCUT2D eigenvalue weighted by Gasteiger charge is 2.25. The third-order valence-corrected chi connectivity index (χ3v) is 5.04. The van der Waals surface area contributed by atoms with Crippen LogP contribution in [0.5, 0.6) is 5.75 Å². The van der Waals surface area contributed by atoms with E-state index < -0.39 is 0 Å². The van der Waals surface area contributed by atoms with Gasteiger partial charge in [-0.3, -0.25) is 9.89 Å². The Morgan fingerprint density at radius 3 is 2.79 bits per heavy atom. The fourth-order valence-electron chi connectivity index (χ4n) is 3.46. The molecule has 4 rings (SSSR count). The predicted molar refractivity (Wildman–Crippen MR) is 107 cm³/mol. The number of rotatable bonds is 5. The van der Waals surface area contributed by atoms with Gasteiger partial charge in [-0.05, 0) is 36.2 Å². The number of nitrogens with zero attached hydrogens (tertiary/aromatic N) is 3. The number of hydrogen-bond donors (Lipinski definition) is 2. The van der Waals surface area contributed by atoms with Crippen LogP contribution in [-0.4, -0.2) is 59.4 Å². The smallest absolute Gasteiger partial charge is 0.317 e. The molecule has 0 radical (unpaired) electrons. The Morgan fingerprint density at radius 2 is 2.07 bits per heavy atom. The number of methoxy groups -OCH3 is 2. The predicted octanol–water partition coefficient (Wildman–Crippen LogP) is 1.41. The average molecular weight is 397 g/mol. The molecule has 0 saturated carbocycles. The molecule has 0 spiro atoms. The zero-order valence-electron chi connectivity index (χ0n) is 16.4. The molecule has 1 aliphatic heterocycles. The summed E-state index contributed by atoms with van der Waals surface area (Å²) < 4.78 is 11.6. The first-order valence-electron chi connectivity index (χ1n) is 9.40. The molecule has 0 unspecified atom stereocenters. The standard InChI is InChI=1S/C20H23N5O4/c1-28-10-8-21-20(27)24-9-7-15-17(12-24)22-18-11-16(23-25(18)19(15)26)13-3-5-14(29-2)6-4-13/h3-6,11,23H,7-10,12H2,1-2H3,(H,21,27). The molecule has 2 aromatic heterocycles. The average Bonchev–Trinajstić information content (AvgIpc) is 3.18. The molecule has 3 aromatic rings. The third-order valence-electron chi connectivity index (χ3n) is 5.04. The van der Waals surface area contributed by atoms with E-state index in [-0.39, 0.29) is 11.6 Å². The first-order chi connectivity index (χ1) is 14.1. The minimum absolute atomic E-state index is 0.121. The van der Waals surface area contributed by atoms with Crippen molar-refractivity contribution in [1.82, 2.24) is 24.8 Å². The number of nitrogens with one attached hydrogen (secondary N) is 2. The SMILES string of the molecule is COCCNC(=O)N1CCc2c(nc3cc(-c4ccc(OC)cc4)[nH]n3c2=O)C1. The van der Waals surface area contributed by atoms with E-state index in [1.807, 2.05) is 30.3 Å². The number of urea groups is 1. The second-order valence-corrected chi connectivity index (χ2v) is 6.83. The van der Waals surface area contributed by atoms with Crippen molar-refractivity contribution in [3.8, 4) is 17.0 Å². The van der Waals surface area contributed by atoms with E-state index in [4.69, 9.17) is 9.47 Å². The number of H-pyrrole nitrogens is 1. The van der Waals surface area contributed by atoms with E-state index in [9.17, 15) is 9.59 Å². The fraction of sp³-hybridized carbons (Fsp3) is 0.350. The van der Waals surface area contributed by atoms with Gasteiger partial charge in [0.1, 0.15) is 5.75 Å². The van der Waals surface area contributed by atoms with E-state index in [0.717, 1.165) is 17.0 Å². The number of ether oxygens (including phenoxy) is 2. The number of fused-ring (bicyclic) bond motifs is 2. The van der Waals surface area contributed by atoms with Gasteiger partial charge in [0, 0.05) is 31.8 Å².